The minimum atomic E-state index is -0.0410. The van der Waals surface area contributed by atoms with E-state index in [1.165, 1.54) is 24.2 Å². The topological polar surface area (TPSA) is 59.2 Å². The van der Waals surface area contributed by atoms with Crippen molar-refractivity contribution in [3.8, 4) is 0 Å². The maximum absolute atomic E-state index is 13.4. The molecule has 1 saturated carbocycles. The van der Waals surface area contributed by atoms with E-state index >= 15 is 0 Å². The smallest absolute Gasteiger partial charge is 0.181 e. The Morgan fingerprint density at radius 3 is 2.76 bits per heavy atom. The van der Waals surface area contributed by atoms with Crippen molar-refractivity contribution in [2.24, 2.45) is 11.8 Å². The zero-order valence-corrected chi connectivity index (χ0v) is 16.3. The molecule has 0 aliphatic heterocycles. The Morgan fingerprint density at radius 2 is 2.12 bits per heavy atom. The molecule has 0 radical (unpaired) electrons. The molecule has 0 amide bonds. The van der Waals surface area contributed by atoms with Crippen LogP contribution in [0.5, 0.6) is 0 Å². The van der Waals surface area contributed by atoms with Gasteiger partial charge in [-0.25, -0.2) is 4.98 Å². The van der Waals surface area contributed by atoms with Crippen molar-refractivity contribution in [1.29, 1.82) is 0 Å². The van der Waals surface area contributed by atoms with Crippen LogP contribution in [0.3, 0.4) is 0 Å². The Hall–Kier alpha value is -1.46. The van der Waals surface area contributed by atoms with Gasteiger partial charge in [-0.1, -0.05) is 32.1 Å². The number of nitrogens with two attached hydrogens (primary N) is 1. The van der Waals surface area contributed by atoms with Gasteiger partial charge in [0.1, 0.15) is 0 Å². The molecule has 2 aliphatic carbocycles. The van der Waals surface area contributed by atoms with E-state index < -0.39 is 0 Å². The summed E-state index contributed by atoms with van der Waals surface area (Å²) >= 11 is 1.47. The van der Waals surface area contributed by atoms with E-state index in [1.54, 1.807) is 0 Å². The van der Waals surface area contributed by atoms with Crippen LogP contribution in [0.2, 0.25) is 0 Å². The monoisotopic (exact) mass is 357 g/mol. The van der Waals surface area contributed by atoms with Gasteiger partial charge in [-0.05, 0) is 61.3 Å². The molecule has 25 heavy (non-hydrogen) atoms. The van der Waals surface area contributed by atoms with Gasteiger partial charge in [0, 0.05) is 12.1 Å². The lowest BCUT2D eigenvalue weighted by Crippen LogP contribution is -2.54. The summed E-state index contributed by atoms with van der Waals surface area (Å²) in [7, 11) is 2.13. The van der Waals surface area contributed by atoms with Crippen LogP contribution < -0.4 is 5.73 Å². The number of nitrogen functional groups attached to an aromatic ring is 1. The number of thiazole rings is 1. The summed E-state index contributed by atoms with van der Waals surface area (Å²) in [5.74, 6) is 1.32. The molecule has 134 valence electrons. The highest BCUT2D eigenvalue weighted by molar-refractivity contribution is 7.22. The largest absolute Gasteiger partial charge is 0.375 e. The molecule has 0 saturated heterocycles. The SMILES string of the molecule is CC[C@@]1(C)c2cc3nc(N)sc3cc2C(=O)C(N(C)CC2CC2)[C@@H]1C. The summed E-state index contributed by atoms with van der Waals surface area (Å²) < 4.78 is 1.02. The number of carbonyl (C=O) groups excluding carboxylic acids is 1. The van der Waals surface area contributed by atoms with Gasteiger partial charge in [0.2, 0.25) is 0 Å². The number of nitrogens with zero attached hydrogens (tertiary/aromatic N) is 2. The highest BCUT2D eigenvalue weighted by Gasteiger charge is 2.48. The van der Waals surface area contributed by atoms with Crippen molar-refractivity contribution < 1.29 is 4.79 Å². The molecular weight excluding hydrogens is 330 g/mol. The summed E-state index contributed by atoms with van der Waals surface area (Å²) in [6.45, 7) is 7.82. The van der Waals surface area contributed by atoms with E-state index in [2.05, 4.69) is 43.8 Å². The van der Waals surface area contributed by atoms with Gasteiger partial charge in [-0.3, -0.25) is 9.69 Å². The standard InChI is InChI=1S/C20H27N3OS/c1-5-20(3)11(2)17(23(4)10-12-6-7-12)18(24)13-8-16-15(9-14(13)20)22-19(21)25-16/h8-9,11-12,17H,5-7,10H2,1-4H3,(H2,21,22)/t11-,17?,20+/m0/s1. The van der Waals surface area contributed by atoms with Gasteiger partial charge in [-0.2, -0.15) is 0 Å². The fourth-order valence-corrected chi connectivity index (χ4v) is 5.32. The second-order valence-electron chi connectivity index (χ2n) is 8.17. The number of aromatic nitrogens is 1. The van der Waals surface area contributed by atoms with E-state index in [4.69, 9.17) is 5.73 Å². The first-order chi connectivity index (χ1) is 11.8. The summed E-state index contributed by atoms with van der Waals surface area (Å²) in [6, 6.07) is 4.12. The maximum atomic E-state index is 13.4. The molecule has 1 fully saturated rings. The van der Waals surface area contributed by atoms with Crippen molar-refractivity contribution in [1.82, 2.24) is 9.88 Å². The van der Waals surface area contributed by atoms with Gasteiger partial charge in [0.05, 0.1) is 16.3 Å². The molecule has 2 N–H and O–H groups in total. The lowest BCUT2D eigenvalue weighted by molar-refractivity contribution is 0.0624. The highest BCUT2D eigenvalue weighted by atomic mass is 32.1. The molecule has 1 heterocycles. The summed E-state index contributed by atoms with van der Waals surface area (Å²) in [5.41, 5.74) is 8.83. The van der Waals surface area contributed by atoms with Gasteiger partial charge in [0.15, 0.2) is 10.9 Å². The zero-order chi connectivity index (χ0) is 17.9. The number of hydrogen-bond acceptors (Lipinski definition) is 5. The fraction of sp³-hybridized carbons (Fsp3) is 0.600. The van der Waals surface area contributed by atoms with Crippen molar-refractivity contribution >= 4 is 32.5 Å². The molecule has 0 spiro atoms. The molecule has 3 atom stereocenters. The maximum Gasteiger partial charge on any atom is 0.181 e. The molecule has 0 bridgehead atoms. The number of fused-ring (bicyclic) bond motifs is 2. The Balaban J connectivity index is 1.85. The Labute approximate surface area is 153 Å². The normalized spacial score (nSPS) is 29.4. The average molecular weight is 358 g/mol. The van der Waals surface area contributed by atoms with E-state index in [-0.39, 0.29) is 23.2 Å². The fourth-order valence-electron chi connectivity index (χ4n) is 4.56. The lowest BCUT2D eigenvalue weighted by atomic mass is 9.61. The quantitative estimate of drug-likeness (QED) is 0.895. The van der Waals surface area contributed by atoms with E-state index in [0.29, 0.717) is 5.13 Å². The Morgan fingerprint density at radius 1 is 1.40 bits per heavy atom. The van der Waals surface area contributed by atoms with Crippen LogP contribution in [0.1, 0.15) is 56.0 Å². The first-order valence-electron chi connectivity index (χ1n) is 9.30. The first-order valence-corrected chi connectivity index (χ1v) is 10.1. The number of rotatable bonds is 4. The summed E-state index contributed by atoms with van der Waals surface area (Å²) in [5, 5.41) is 0.568. The van der Waals surface area contributed by atoms with Crippen molar-refractivity contribution in [3.63, 3.8) is 0 Å². The van der Waals surface area contributed by atoms with Crippen LogP contribution in [0, 0.1) is 11.8 Å². The summed E-state index contributed by atoms with van der Waals surface area (Å²) in [4.78, 5) is 20.2. The van der Waals surface area contributed by atoms with Crippen LogP contribution in [0.4, 0.5) is 5.13 Å². The van der Waals surface area contributed by atoms with Crippen molar-refractivity contribution in [2.75, 3.05) is 19.3 Å². The molecule has 5 heteroatoms. The molecule has 2 aliphatic rings. The average Bonchev–Trinajstić information content (AvgIpc) is 3.30. The van der Waals surface area contributed by atoms with Gasteiger partial charge in [-0.15, -0.1) is 0 Å². The molecular formula is C20H27N3OS. The second-order valence-corrected chi connectivity index (χ2v) is 9.23. The van der Waals surface area contributed by atoms with E-state index in [0.717, 1.165) is 40.2 Å². The molecule has 1 aromatic heterocycles. The predicted molar refractivity (Wildman–Crippen MR) is 104 cm³/mol. The Bertz CT molecular complexity index is 841. The minimum Gasteiger partial charge on any atom is -0.375 e. The third kappa shape index (κ3) is 2.59. The minimum absolute atomic E-state index is 0.0295. The van der Waals surface area contributed by atoms with Gasteiger partial charge >= 0.3 is 0 Å². The number of carbonyl (C=O) groups is 1. The van der Waals surface area contributed by atoms with Crippen LogP contribution in [0.15, 0.2) is 12.1 Å². The number of hydrogen-bond donors (Lipinski definition) is 1. The van der Waals surface area contributed by atoms with Gasteiger partial charge in [0.25, 0.3) is 0 Å². The van der Waals surface area contributed by atoms with Crippen molar-refractivity contribution in [3.05, 3.63) is 23.3 Å². The van der Waals surface area contributed by atoms with Gasteiger partial charge < -0.3 is 5.73 Å². The first kappa shape index (κ1) is 17.0. The molecule has 4 rings (SSSR count). The number of benzene rings is 1. The molecule has 1 aromatic carbocycles. The van der Waals surface area contributed by atoms with Crippen LogP contribution >= 0.6 is 11.3 Å². The van der Waals surface area contributed by atoms with E-state index in [1.807, 2.05) is 6.07 Å². The third-order valence-corrected chi connectivity index (χ3v) is 7.47. The molecule has 4 nitrogen and oxygen atoms in total. The number of ketones is 1. The second kappa shape index (κ2) is 5.78. The van der Waals surface area contributed by atoms with Crippen LogP contribution in [-0.2, 0) is 5.41 Å². The molecule has 1 unspecified atom stereocenters. The predicted octanol–water partition coefficient (Wildman–Crippen LogP) is 4.09. The number of likely N-dealkylation sites (N-methyl/N-ethyl adjacent to an activating group) is 1. The number of Topliss-reactive ketones (excluding diaryl/α,β-unsaturated/α-hetero) is 1. The highest BCUT2D eigenvalue weighted by Crippen LogP contribution is 2.47. The Kier molecular flexibility index (Phi) is 3.92. The number of anilines is 1. The summed E-state index contributed by atoms with van der Waals surface area (Å²) in [6.07, 6.45) is 3.62. The van der Waals surface area contributed by atoms with Crippen LogP contribution in [-0.4, -0.2) is 35.3 Å². The third-order valence-electron chi connectivity index (χ3n) is 6.62. The molecule has 2 aromatic rings. The van der Waals surface area contributed by atoms with E-state index in [9.17, 15) is 4.79 Å². The zero-order valence-electron chi connectivity index (χ0n) is 15.5. The van der Waals surface area contributed by atoms with Crippen molar-refractivity contribution in [2.45, 2.75) is 51.5 Å². The van der Waals surface area contributed by atoms with Crippen LogP contribution in [0.25, 0.3) is 10.2 Å². The lowest BCUT2D eigenvalue weighted by Gasteiger charge is -2.47.